The van der Waals surface area contributed by atoms with Crippen LogP contribution in [0.1, 0.15) is 13.8 Å². The summed E-state index contributed by atoms with van der Waals surface area (Å²) < 4.78 is 16.3. The molecule has 8 N–H and O–H groups in total. The van der Waals surface area contributed by atoms with Gasteiger partial charge in [-0.05, 0) is 0 Å². The van der Waals surface area contributed by atoms with E-state index in [2.05, 4.69) is 10.6 Å². The SMILES string of the molecule is CC(=O)N[C@@H]1[C@H](O[C@H]2[C@@H](O)[C@@H](NC(C)=O)[C@@H](O)O[C@H]2CO)O[C@H](CO)[C@H](O)[C@H]1O. The summed E-state index contributed by atoms with van der Waals surface area (Å²) in [5.74, 6) is -1.14. The van der Waals surface area contributed by atoms with Crippen LogP contribution in [0.5, 0.6) is 0 Å². The second kappa shape index (κ2) is 10.1. The van der Waals surface area contributed by atoms with Gasteiger partial charge in [-0.1, -0.05) is 0 Å². The zero-order chi connectivity index (χ0) is 21.9. The van der Waals surface area contributed by atoms with E-state index in [1.54, 1.807) is 0 Å². The van der Waals surface area contributed by atoms with Gasteiger partial charge in [0.05, 0.1) is 13.2 Å². The smallest absolute Gasteiger partial charge is 0.217 e. The van der Waals surface area contributed by atoms with Crippen molar-refractivity contribution in [1.82, 2.24) is 10.6 Å². The van der Waals surface area contributed by atoms with Gasteiger partial charge in [0.1, 0.15) is 48.7 Å². The van der Waals surface area contributed by atoms with E-state index in [1.165, 1.54) is 0 Å². The van der Waals surface area contributed by atoms with Crippen LogP contribution in [0.15, 0.2) is 0 Å². The largest absolute Gasteiger partial charge is 0.394 e. The predicted octanol–water partition coefficient (Wildman–Crippen LogP) is -5.11. The van der Waals surface area contributed by atoms with Crippen LogP contribution in [0.4, 0.5) is 0 Å². The van der Waals surface area contributed by atoms with Crippen LogP contribution in [0.3, 0.4) is 0 Å². The normalized spacial score (nSPS) is 42.9. The molecule has 0 aromatic heterocycles. The van der Waals surface area contributed by atoms with Crippen LogP contribution in [0.25, 0.3) is 0 Å². The van der Waals surface area contributed by atoms with E-state index in [-0.39, 0.29) is 0 Å². The molecule has 2 rings (SSSR count). The molecule has 0 saturated carbocycles. The highest BCUT2D eigenvalue weighted by Crippen LogP contribution is 2.28. The van der Waals surface area contributed by atoms with Crippen molar-refractivity contribution >= 4 is 11.8 Å². The van der Waals surface area contributed by atoms with E-state index >= 15 is 0 Å². The molecule has 168 valence electrons. The third-order valence-electron chi connectivity index (χ3n) is 4.78. The Morgan fingerprint density at radius 1 is 0.828 bits per heavy atom. The first-order chi connectivity index (χ1) is 13.6. The average molecular weight is 424 g/mol. The minimum atomic E-state index is -1.64. The molecule has 0 spiro atoms. The molecule has 2 aliphatic heterocycles. The van der Waals surface area contributed by atoms with Crippen LogP contribution >= 0.6 is 0 Å². The third-order valence-corrected chi connectivity index (χ3v) is 4.78. The number of nitrogens with one attached hydrogen (secondary N) is 2. The third kappa shape index (κ3) is 5.39. The molecule has 10 atom stereocenters. The molecule has 0 radical (unpaired) electrons. The minimum Gasteiger partial charge on any atom is -0.394 e. The second-order valence-corrected chi connectivity index (χ2v) is 7.00. The Balaban J connectivity index is 2.26. The number of hydrogen-bond donors (Lipinski definition) is 8. The summed E-state index contributed by atoms with van der Waals surface area (Å²) in [4.78, 5) is 22.8. The van der Waals surface area contributed by atoms with Gasteiger partial charge in [-0.3, -0.25) is 9.59 Å². The van der Waals surface area contributed by atoms with Gasteiger partial charge in [-0.2, -0.15) is 0 Å². The highest BCUT2D eigenvalue weighted by molar-refractivity contribution is 5.73. The summed E-state index contributed by atoms with van der Waals surface area (Å²) in [6.07, 6.45) is -11.7. The van der Waals surface area contributed by atoms with E-state index in [4.69, 9.17) is 14.2 Å². The molecule has 2 aliphatic rings. The van der Waals surface area contributed by atoms with Gasteiger partial charge in [0, 0.05) is 13.8 Å². The summed E-state index contributed by atoms with van der Waals surface area (Å²) in [6, 6.07) is -2.59. The van der Waals surface area contributed by atoms with Crippen LogP contribution in [-0.2, 0) is 23.8 Å². The van der Waals surface area contributed by atoms with Gasteiger partial charge in [0.25, 0.3) is 0 Å². The van der Waals surface area contributed by atoms with Gasteiger partial charge < -0.3 is 55.5 Å². The zero-order valence-corrected chi connectivity index (χ0v) is 15.9. The predicted molar refractivity (Wildman–Crippen MR) is 91.8 cm³/mol. The lowest BCUT2D eigenvalue weighted by Crippen LogP contribution is -2.69. The summed E-state index contributed by atoms with van der Waals surface area (Å²) in [7, 11) is 0. The van der Waals surface area contributed by atoms with Crippen molar-refractivity contribution in [2.45, 2.75) is 75.1 Å². The molecule has 2 fully saturated rings. The number of ether oxygens (including phenoxy) is 3. The fourth-order valence-electron chi connectivity index (χ4n) is 3.38. The van der Waals surface area contributed by atoms with Crippen LogP contribution in [0.2, 0.25) is 0 Å². The number of aliphatic hydroxyl groups is 6. The van der Waals surface area contributed by atoms with E-state index in [0.29, 0.717) is 0 Å². The molecule has 0 bridgehead atoms. The van der Waals surface area contributed by atoms with Crippen LogP contribution in [-0.4, -0.2) is 117 Å². The Hall–Kier alpha value is -1.42. The maximum Gasteiger partial charge on any atom is 0.217 e. The Labute approximate surface area is 166 Å². The summed E-state index contributed by atoms with van der Waals surface area (Å²) in [5.41, 5.74) is 0. The lowest BCUT2D eigenvalue weighted by Gasteiger charge is -2.47. The van der Waals surface area contributed by atoms with Crippen molar-refractivity contribution in [1.29, 1.82) is 0 Å². The van der Waals surface area contributed by atoms with Gasteiger partial charge in [-0.15, -0.1) is 0 Å². The number of rotatable bonds is 6. The molecule has 29 heavy (non-hydrogen) atoms. The van der Waals surface area contributed by atoms with Crippen molar-refractivity contribution < 1.29 is 54.4 Å². The minimum absolute atomic E-state index is 0.568. The first-order valence-electron chi connectivity index (χ1n) is 9.05. The highest BCUT2D eigenvalue weighted by Gasteiger charge is 2.51. The van der Waals surface area contributed by atoms with Crippen molar-refractivity contribution in [3.8, 4) is 0 Å². The molecule has 0 aromatic rings. The Bertz CT molecular complexity index is 579. The van der Waals surface area contributed by atoms with E-state index < -0.39 is 86.3 Å². The molecule has 2 saturated heterocycles. The van der Waals surface area contributed by atoms with Gasteiger partial charge in [0.2, 0.25) is 11.8 Å². The number of carbonyl (C=O) groups excluding carboxylic acids is 2. The molecule has 2 heterocycles. The first-order valence-corrected chi connectivity index (χ1v) is 9.05. The number of amides is 2. The quantitative estimate of drug-likeness (QED) is 0.202. The van der Waals surface area contributed by atoms with Crippen molar-refractivity contribution in [2.24, 2.45) is 0 Å². The van der Waals surface area contributed by atoms with Crippen molar-refractivity contribution in [3.05, 3.63) is 0 Å². The van der Waals surface area contributed by atoms with E-state index in [0.717, 1.165) is 13.8 Å². The van der Waals surface area contributed by atoms with Crippen LogP contribution in [0, 0.1) is 0 Å². The van der Waals surface area contributed by atoms with Gasteiger partial charge >= 0.3 is 0 Å². The molecule has 13 heteroatoms. The van der Waals surface area contributed by atoms with Gasteiger partial charge in [0.15, 0.2) is 12.6 Å². The molecule has 2 amide bonds. The lowest BCUT2D eigenvalue weighted by molar-refractivity contribution is -0.327. The molecule has 0 aromatic carbocycles. The molecule has 0 unspecified atom stereocenters. The van der Waals surface area contributed by atoms with Crippen molar-refractivity contribution in [2.75, 3.05) is 13.2 Å². The number of hydrogen-bond acceptors (Lipinski definition) is 11. The highest BCUT2D eigenvalue weighted by atomic mass is 16.7. The monoisotopic (exact) mass is 424 g/mol. The lowest BCUT2D eigenvalue weighted by atomic mass is 9.94. The summed E-state index contributed by atoms with van der Waals surface area (Å²) >= 11 is 0. The molecular weight excluding hydrogens is 396 g/mol. The topological polar surface area (TPSA) is 207 Å². The van der Waals surface area contributed by atoms with E-state index in [1.807, 2.05) is 0 Å². The van der Waals surface area contributed by atoms with Crippen LogP contribution < -0.4 is 10.6 Å². The summed E-state index contributed by atoms with van der Waals surface area (Å²) in [5, 5.41) is 64.5. The van der Waals surface area contributed by atoms with E-state index in [9.17, 15) is 40.2 Å². The Morgan fingerprint density at radius 3 is 1.90 bits per heavy atom. The molecule has 13 nitrogen and oxygen atoms in total. The summed E-state index contributed by atoms with van der Waals surface area (Å²) in [6.45, 7) is 0.962. The fourth-order valence-corrected chi connectivity index (χ4v) is 3.38. The maximum absolute atomic E-state index is 11.5. The fraction of sp³-hybridized carbons (Fsp3) is 0.875. The zero-order valence-electron chi connectivity index (χ0n) is 15.9. The molecule has 0 aliphatic carbocycles. The standard InChI is InChI=1S/C16H28N2O11/c1-5(21)17-9-13(25)14(8(4-20)27-15(9)26)29-16-10(18-6(2)22)12(24)11(23)7(3-19)28-16/h7-16,19-20,23-26H,3-4H2,1-2H3,(H,17,21)(H,18,22)/t7-,8+,9-,10+,11+,12+,13+,14-,15+,16+/m1/s1. The van der Waals surface area contributed by atoms with Crippen molar-refractivity contribution in [3.63, 3.8) is 0 Å². The molecular formula is C16H28N2O11. The number of carbonyl (C=O) groups is 2. The maximum atomic E-state index is 11.5. The first kappa shape index (κ1) is 23.9. The average Bonchev–Trinajstić information content (AvgIpc) is 2.65. The second-order valence-electron chi connectivity index (χ2n) is 7.00. The Kier molecular flexibility index (Phi) is 8.28. The van der Waals surface area contributed by atoms with Gasteiger partial charge in [-0.25, -0.2) is 0 Å². The Morgan fingerprint density at radius 2 is 1.38 bits per heavy atom. The number of aliphatic hydroxyl groups excluding tert-OH is 6.